The molecule has 17 heavy (non-hydrogen) atoms. The first-order valence-corrected chi connectivity index (χ1v) is 5.78. The highest BCUT2D eigenvalue weighted by Gasteiger charge is 2.25. The van der Waals surface area contributed by atoms with Gasteiger partial charge in [-0.1, -0.05) is 0 Å². The van der Waals surface area contributed by atoms with Gasteiger partial charge in [0.25, 0.3) is 6.43 Å². The molecule has 0 unspecified atom stereocenters. The van der Waals surface area contributed by atoms with Crippen molar-refractivity contribution in [3.8, 4) is 5.75 Å². The molecule has 0 aliphatic carbocycles. The molecule has 0 spiro atoms. The molecule has 0 aliphatic heterocycles. The van der Waals surface area contributed by atoms with Crippen molar-refractivity contribution in [2.24, 2.45) is 0 Å². The maximum Gasteiger partial charge on any atom is 0.344 e. The number of carbonyl (C=O) groups is 1. The Morgan fingerprint density at radius 2 is 2.24 bits per heavy atom. The third-order valence-electron chi connectivity index (χ3n) is 1.93. The van der Waals surface area contributed by atoms with E-state index in [-0.39, 0.29) is 21.6 Å². The Kier molecular flexibility index (Phi) is 5.03. The van der Waals surface area contributed by atoms with Crippen LogP contribution in [0.25, 0.3) is 0 Å². The number of rotatable bonds is 4. The monoisotopic (exact) mass is 357 g/mol. The highest BCUT2D eigenvalue weighted by molar-refractivity contribution is 14.1. The minimum atomic E-state index is -2.76. The van der Waals surface area contributed by atoms with E-state index in [0.717, 1.165) is 6.20 Å². The molecule has 0 aliphatic rings. The first-order valence-electron chi connectivity index (χ1n) is 4.70. The molecule has 0 N–H and O–H groups in total. The Morgan fingerprint density at radius 3 is 2.71 bits per heavy atom. The molecule has 7 heteroatoms. The van der Waals surface area contributed by atoms with Crippen molar-refractivity contribution in [1.82, 2.24) is 4.98 Å². The summed E-state index contributed by atoms with van der Waals surface area (Å²) in [5.74, 6) is -0.901. The van der Waals surface area contributed by atoms with Gasteiger partial charge in [-0.15, -0.1) is 0 Å². The number of hydrogen-bond donors (Lipinski definition) is 0. The molecule has 1 heterocycles. The molecule has 94 valence electrons. The minimum absolute atomic E-state index is 0.0623. The van der Waals surface area contributed by atoms with Crippen LogP contribution in [0.3, 0.4) is 0 Å². The summed E-state index contributed by atoms with van der Waals surface area (Å²) in [6, 6.07) is 0. The maximum atomic E-state index is 12.7. The lowest BCUT2D eigenvalue weighted by Gasteiger charge is -2.13. The number of pyridine rings is 1. The van der Waals surface area contributed by atoms with Crippen molar-refractivity contribution in [2.75, 3.05) is 13.7 Å². The lowest BCUT2D eigenvalue weighted by atomic mass is 10.2. The summed E-state index contributed by atoms with van der Waals surface area (Å²) >= 11 is 1.77. The lowest BCUT2D eigenvalue weighted by Crippen LogP contribution is -2.12. The van der Waals surface area contributed by atoms with E-state index in [9.17, 15) is 13.6 Å². The van der Waals surface area contributed by atoms with Crippen molar-refractivity contribution in [3.63, 3.8) is 0 Å². The Morgan fingerprint density at radius 1 is 1.59 bits per heavy atom. The van der Waals surface area contributed by atoms with Gasteiger partial charge in [0.15, 0.2) is 0 Å². The van der Waals surface area contributed by atoms with Crippen LogP contribution in [0.5, 0.6) is 5.75 Å². The summed E-state index contributed by atoms with van der Waals surface area (Å²) in [6.45, 7) is 1.78. The number of hydrogen-bond acceptors (Lipinski definition) is 4. The number of ether oxygens (including phenoxy) is 2. The second kappa shape index (κ2) is 6.08. The van der Waals surface area contributed by atoms with Gasteiger partial charge in [-0.3, -0.25) is 0 Å². The molecule has 0 aromatic carbocycles. The molecule has 0 fully saturated rings. The number of nitrogens with zero attached hydrogens (tertiary/aromatic N) is 1. The molecule has 4 nitrogen and oxygen atoms in total. The summed E-state index contributed by atoms with van der Waals surface area (Å²) in [5, 5.41) is 0. The zero-order chi connectivity index (χ0) is 13.0. The number of methoxy groups -OCH3 is 1. The van der Waals surface area contributed by atoms with Crippen molar-refractivity contribution in [1.29, 1.82) is 0 Å². The molecule has 0 amide bonds. The number of esters is 1. The summed E-state index contributed by atoms with van der Waals surface area (Å²) < 4.78 is 35.3. The van der Waals surface area contributed by atoms with E-state index in [0.29, 0.717) is 0 Å². The Balaban J connectivity index is 3.35. The van der Waals surface area contributed by atoms with E-state index in [2.05, 4.69) is 4.98 Å². The second-order valence-corrected chi connectivity index (χ2v) is 3.96. The molecule has 0 saturated heterocycles. The highest BCUT2D eigenvalue weighted by atomic mass is 127. The summed E-state index contributed by atoms with van der Waals surface area (Å²) in [7, 11) is 1.22. The number of carbonyl (C=O) groups excluding carboxylic acids is 1. The van der Waals surface area contributed by atoms with Crippen LogP contribution in [0.1, 0.15) is 29.3 Å². The van der Waals surface area contributed by atoms with Gasteiger partial charge < -0.3 is 9.47 Å². The second-order valence-electron chi connectivity index (χ2n) is 2.93. The van der Waals surface area contributed by atoms with Crippen LogP contribution in [0, 0.1) is 3.70 Å². The van der Waals surface area contributed by atoms with Crippen LogP contribution in [0.15, 0.2) is 6.20 Å². The standard InChI is InChI=1S/C10H10F2INO3/c1-3-17-10(15)6-7(16-2)5(8(11)12)4-14-9(6)13/h4,8H,3H2,1-2H3. The molecular formula is C10H10F2INO3. The van der Waals surface area contributed by atoms with Crippen molar-refractivity contribution in [2.45, 2.75) is 13.3 Å². The first kappa shape index (κ1) is 14.1. The van der Waals surface area contributed by atoms with Crippen LogP contribution < -0.4 is 4.74 Å². The van der Waals surface area contributed by atoms with E-state index in [1.165, 1.54) is 7.11 Å². The molecule has 1 aromatic heterocycles. The van der Waals surface area contributed by atoms with Gasteiger partial charge in [-0.05, 0) is 29.5 Å². The van der Waals surface area contributed by atoms with Gasteiger partial charge in [0.05, 0.1) is 19.3 Å². The zero-order valence-electron chi connectivity index (χ0n) is 9.17. The van der Waals surface area contributed by atoms with Gasteiger partial charge in [0, 0.05) is 6.20 Å². The lowest BCUT2D eigenvalue weighted by molar-refractivity contribution is 0.0519. The Hall–Kier alpha value is -0.990. The summed E-state index contributed by atoms with van der Waals surface area (Å²) in [6.07, 6.45) is -1.77. The fourth-order valence-corrected chi connectivity index (χ4v) is 1.85. The van der Waals surface area contributed by atoms with Crippen LogP contribution in [-0.2, 0) is 4.74 Å². The van der Waals surface area contributed by atoms with Gasteiger partial charge in [-0.2, -0.15) is 0 Å². The zero-order valence-corrected chi connectivity index (χ0v) is 11.3. The van der Waals surface area contributed by atoms with E-state index in [1.54, 1.807) is 29.5 Å². The predicted molar refractivity (Wildman–Crippen MR) is 64.4 cm³/mol. The number of aromatic nitrogens is 1. The van der Waals surface area contributed by atoms with E-state index in [4.69, 9.17) is 9.47 Å². The SMILES string of the molecule is CCOC(=O)c1c(I)ncc(C(F)F)c1OC. The smallest absolute Gasteiger partial charge is 0.344 e. The van der Waals surface area contributed by atoms with Gasteiger partial charge >= 0.3 is 5.97 Å². The third-order valence-corrected chi connectivity index (χ3v) is 2.75. The molecule has 0 atom stereocenters. The average molecular weight is 357 g/mol. The van der Waals surface area contributed by atoms with Gasteiger partial charge in [0.1, 0.15) is 15.0 Å². The van der Waals surface area contributed by atoms with Crippen LogP contribution in [0.4, 0.5) is 8.78 Å². The third kappa shape index (κ3) is 3.02. The summed E-state index contributed by atoms with van der Waals surface area (Å²) in [5.41, 5.74) is -0.483. The highest BCUT2D eigenvalue weighted by Crippen LogP contribution is 2.33. The van der Waals surface area contributed by atoms with E-state index >= 15 is 0 Å². The van der Waals surface area contributed by atoms with E-state index < -0.39 is 18.0 Å². The fourth-order valence-electron chi connectivity index (χ4n) is 1.24. The molecule has 1 aromatic rings. The fraction of sp³-hybridized carbons (Fsp3) is 0.400. The largest absolute Gasteiger partial charge is 0.495 e. The molecular weight excluding hydrogens is 347 g/mol. The first-order chi connectivity index (χ1) is 8.02. The quantitative estimate of drug-likeness (QED) is 0.473. The Labute approximate surface area is 110 Å². The van der Waals surface area contributed by atoms with Crippen LogP contribution in [0.2, 0.25) is 0 Å². The number of alkyl halides is 2. The van der Waals surface area contributed by atoms with Crippen molar-refractivity contribution in [3.05, 3.63) is 21.0 Å². The minimum Gasteiger partial charge on any atom is -0.495 e. The topological polar surface area (TPSA) is 48.4 Å². The van der Waals surface area contributed by atoms with Crippen molar-refractivity contribution < 1.29 is 23.0 Å². The molecule has 0 radical (unpaired) electrons. The predicted octanol–water partition coefficient (Wildman–Crippen LogP) is 2.81. The average Bonchev–Trinajstić information content (AvgIpc) is 2.28. The van der Waals surface area contributed by atoms with Gasteiger partial charge in [-0.25, -0.2) is 18.6 Å². The number of halogens is 3. The normalized spacial score (nSPS) is 10.5. The van der Waals surface area contributed by atoms with Gasteiger partial charge in [0.2, 0.25) is 0 Å². The van der Waals surface area contributed by atoms with Crippen molar-refractivity contribution >= 4 is 28.6 Å². The summed E-state index contributed by atoms with van der Waals surface area (Å²) in [4.78, 5) is 15.4. The molecule has 0 saturated carbocycles. The van der Waals surface area contributed by atoms with E-state index in [1.807, 2.05) is 0 Å². The molecule has 1 rings (SSSR count). The van der Waals surface area contributed by atoms with Crippen LogP contribution >= 0.6 is 22.6 Å². The maximum absolute atomic E-state index is 12.7. The Bertz CT molecular complexity index is 426. The van der Waals surface area contributed by atoms with Crippen LogP contribution in [-0.4, -0.2) is 24.7 Å². The molecule has 0 bridgehead atoms.